The maximum absolute atomic E-state index is 9.02. The monoisotopic (exact) mass is 172 g/mol. The number of nitrogens with one attached hydrogen (secondary N) is 1. The van der Waals surface area contributed by atoms with Crippen LogP contribution in [0, 0.1) is 0 Å². The van der Waals surface area contributed by atoms with Crippen molar-refractivity contribution in [1.29, 1.82) is 0 Å². The van der Waals surface area contributed by atoms with Crippen LogP contribution < -0.4 is 5.32 Å². The summed E-state index contributed by atoms with van der Waals surface area (Å²) in [6, 6.07) is 1.04. The molecule has 0 aliphatic heterocycles. The topological polar surface area (TPSA) is 35.5 Å². The average molecular weight is 172 g/mol. The zero-order valence-electron chi connectivity index (χ0n) is 8.08. The van der Waals surface area contributed by atoms with Gasteiger partial charge in [0.05, 0.1) is 6.61 Å². The van der Waals surface area contributed by atoms with Gasteiger partial charge in [0, 0.05) is 18.6 Å². The van der Waals surface area contributed by atoms with Gasteiger partial charge in [-0.05, 0) is 26.4 Å². The molecule has 1 saturated carbocycles. The van der Waals surface area contributed by atoms with E-state index in [1.165, 1.54) is 12.8 Å². The summed E-state index contributed by atoms with van der Waals surface area (Å²) >= 11 is 0. The molecule has 1 rings (SSSR count). The Hall–Kier alpha value is -0.120. The lowest BCUT2D eigenvalue weighted by Crippen LogP contribution is -2.42. The van der Waals surface area contributed by atoms with Crippen LogP contribution in [-0.4, -0.2) is 48.8 Å². The molecule has 1 fully saturated rings. The summed E-state index contributed by atoms with van der Waals surface area (Å²) in [5.74, 6) is 0. The number of hydrogen-bond donors (Lipinski definition) is 2. The third kappa shape index (κ3) is 3.09. The van der Waals surface area contributed by atoms with Gasteiger partial charge in [-0.25, -0.2) is 0 Å². The number of aliphatic hydroxyl groups excluding tert-OH is 1. The van der Waals surface area contributed by atoms with E-state index in [2.05, 4.69) is 24.2 Å². The van der Waals surface area contributed by atoms with Gasteiger partial charge in [0.15, 0.2) is 0 Å². The lowest BCUT2D eigenvalue weighted by atomic mass is 10.3. The highest BCUT2D eigenvalue weighted by Gasteiger charge is 2.27. The van der Waals surface area contributed by atoms with E-state index in [1.807, 2.05) is 0 Å². The minimum Gasteiger partial charge on any atom is -0.395 e. The predicted octanol–water partition coefficient (Wildman–Crippen LogP) is 0.0510. The smallest absolute Gasteiger partial charge is 0.0597 e. The molecule has 1 unspecified atom stereocenters. The number of rotatable bonds is 6. The van der Waals surface area contributed by atoms with Crippen molar-refractivity contribution in [3.63, 3.8) is 0 Å². The zero-order chi connectivity index (χ0) is 8.97. The highest BCUT2D eigenvalue weighted by molar-refractivity contribution is 4.84. The van der Waals surface area contributed by atoms with Crippen LogP contribution >= 0.6 is 0 Å². The molecule has 1 atom stereocenters. The molecular weight excluding hydrogens is 152 g/mol. The zero-order valence-corrected chi connectivity index (χ0v) is 8.08. The molecule has 0 saturated heterocycles. The standard InChI is InChI=1S/C9H20N2O/c1-3-10-8(7-12)6-11(2)9-4-5-9/h8-10,12H,3-7H2,1-2H3. The molecule has 0 amide bonds. The Balaban J connectivity index is 2.15. The van der Waals surface area contributed by atoms with Gasteiger partial charge in [-0.3, -0.25) is 0 Å². The van der Waals surface area contributed by atoms with Crippen molar-refractivity contribution in [3.05, 3.63) is 0 Å². The molecule has 2 N–H and O–H groups in total. The molecule has 0 aromatic rings. The van der Waals surface area contributed by atoms with Gasteiger partial charge < -0.3 is 15.3 Å². The second-order valence-corrected chi connectivity index (χ2v) is 3.61. The number of hydrogen-bond acceptors (Lipinski definition) is 3. The van der Waals surface area contributed by atoms with Crippen LogP contribution in [0.25, 0.3) is 0 Å². The number of aliphatic hydroxyl groups is 1. The van der Waals surface area contributed by atoms with Gasteiger partial charge in [-0.2, -0.15) is 0 Å². The van der Waals surface area contributed by atoms with E-state index in [-0.39, 0.29) is 12.6 Å². The molecule has 0 radical (unpaired) electrons. The highest BCUT2D eigenvalue weighted by atomic mass is 16.3. The summed E-state index contributed by atoms with van der Waals surface area (Å²) in [4.78, 5) is 2.34. The fourth-order valence-corrected chi connectivity index (χ4v) is 1.49. The molecule has 0 aromatic heterocycles. The van der Waals surface area contributed by atoms with Crippen molar-refractivity contribution >= 4 is 0 Å². The lowest BCUT2D eigenvalue weighted by molar-refractivity contribution is 0.196. The largest absolute Gasteiger partial charge is 0.395 e. The van der Waals surface area contributed by atoms with Crippen LogP contribution in [0.2, 0.25) is 0 Å². The Morgan fingerprint density at radius 2 is 2.25 bits per heavy atom. The maximum Gasteiger partial charge on any atom is 0.0597 e. The molecule has 3 nitrogen and oxygen atoms in total. The molecule has 1 aliphatic carbocycles. The SMILES string of the molecule is CCNC(CO)CN(C)C1CC1. The summed E-state index contributed by atoms with van der Waals surface area (Å²) in [6.07, 6.45) is 2.67. The summed E-state index contributed by atoms with van der Waals surface area (Å²) in [6.45, 7) is 4.21. The minimum absolute atomic E-state index is 0.241. The summed E-state index contributed by atoms with van der Waals surface area (Å²) in [5.41, 5.74) is 0. The van der Waals surface area contributed by atoms with E-state index in [1.54, 1.807) is 0 Å². The van der Waals surface area contributed by atoms with Gasteiger partial charge in [0.1, 0.15) is 0 Å². The molecule has 72 valence electrons. The van der Waals surface area contributed by atoms with Crippen molar-refractivity contribution in [1.82, 2.24) is 10.2 Å². The fraction of sp³-hybridized carbons (Fsp3) is 1.00. The second-order valence-electron chi connectivity index (χ2n) is 3.61. The minimum atomic E-state index is 0.241. The van der Waals surface area contributed by atoms with Gasteiger partial charge in [0.2, 0.25) is 0 Å². The fourth-order valence-electron chi connectivity index (χ4n) is 1.49. The summed E-state index contributed by atoms with van der Waals surface area (Å²) in [7, 11) is 2.14. The Bertz CT molecular complexity index is 126. The first kappa shape index (κ1) is 9.96. The normalized spacial score (nSPS) is 20.0. The van der Waals surface area contributed by atoms with Crippen LogP contribution in [0.3, 0.4) is 0 Å². The van der Waals surface area contributed by atoms with Crippen LogP contribution in [-0.2, 0) is 0 Å². The van der Waals surface area contributed by atoms with E-state index in [4.69, 9.17) is 5.11 Å². The lowest BCUT2D eigenvalue weighted by Gasteiger charge is -2.22. The molecule has 0 bridgehead atoms. The van der Waals surface area contributed by atoms with Crippen LogP contribution in [0.15, 0.2) is 0 Å². The third-order valence-corrected chi connectivity index (χ3v) is 2.39. The number of likely N-dealkylation sites (N-methyl/N-ethyl adjacent to an activating group) is 2. The van der Waals surface area contributed by atoms with Gasteiger partial charge in [-0.1, -0.05) is 6.92 Å². The first-order valence-corrected chi connectivity index (χ1v) is 4.82. The van der Waals surface area contributed by atoms with Gasteiger partial charge in [0.25, 0.3) is 0 Å². The molecule has 0 spiro atoms. The van der Waals surface area contributed by atoms with E-state index in [0.717, 1.165) is 19.1 Å². The molecule has 3 heteroatoms. The number of nitrogens with zero attached hydrogens (tertiary/aromatic N) is 1. The Kier molecular flexibility index (Phi) is 3.98. The highest BCUT2D eigenvalue weighted by Crippen LogP contribution is 2.25. The third-order valence-electron chi connectivity index (χ3n) is 2.39. The average Bonchev–Trinajstić information content (AvgIpc) is 2.85. The predicted molar refractivity (Wildman–Crippen MR) is 50.2 cm³/mol. The van der Waals surface area contributed by atoms with Gasteiger partial charge >= 0.3 is 0 Å². The molecular formula is C9H20N2O. The Morgan fingerprint density at radius 1 is 1.58 bits per heavy atom. The molecule has 0 heterocycles. The van der Waals surface area contributed by atoms with E-state index in [9.17, 15) is 0 Å². The van der Waals surface area contributed by atoms with Crippen molar-refractivity contribution in [2.24, 2.45) is 0 Å². The van der Waals surface area contributed by atoms with E-state index >= 15 is 0 Å². The van der Waals surface area contributed by atoms with Crippen LogP contribution in [0.1, 0.15) is 19.8 Å². The van der Waals surface area contributed by atoms with Crippen molar-refractivity contribution in [2.45, 2.75) is 31.8 Å². The first-order valence-electron chi connectivity index (χ1n) is 4.82. The Morgan fingerprint density at radius 3 is 2.67 bits per heavy atom. The van der Waals surface area contributed by atoms with Crippen molar-refractivity contribution < 1.29 is 5.11 Å². The Labute approximate surface area is 74.8 Å². The molecule has 1 aliphatic rings. The summed E-state index contributed by atoms with van der Waals surface area (Å²) < 4.78 is 0. The van der Waals surface area contributed by atoms with Crippen molar-refractivity contribution in [2.75, 3.05) is 26.7 Å². The van der Waals surface area contributed by atoms with Crippen LogP contribution in [0.5, 0.6) is 0 Å². The maximum atomic E-state index is 9.02. The molecule has 12 heavy (non-hydrogen) atoms. The molecule has 0 aromatic carbocycles. The van der Waals surface area contributed by atoms with Crippen LogP contribution in [0.4, 0.5) is 0 Å². The quantitative estimate of drug-likeness (QED) is 0.594. The summed E-state index contributed by atoms with van der Waals surface area (Å²) in [5, 5.41) is 12.3. The van der Waals surface area contributed by atoms with E-state index in [0.29, 0.717) is 0 Å². The first-order chi connectivity index (χ1) is 5.77. The van der Waals surface area contributed by atoms with Crippen molar-refractivity contribution in [3.8, 4) is 0 Å². The van der Waals surface area contributed by atoms with Gasteiger partial charge in [-0.15, -0.1) is 0 Å². The second kappa shape index (κ2) is 4.80. The van der Waals surface area contributed by atoms with E-state index < -0.39 is 0 Å².